The van der Waals surface area contributed by atoms with E-state index in [1.807, 2.05) is 0 Å². The van der Waals surface area contributed by atoms with E-state index in [1.165, 1.54) is 6.26 Å². The molecule has 23 heavy (non-hydrogen) atoms. The van der Waals surface area contributed by atoms with E-state index in [0.717, 1.165) is 0 Å². The topological polar surface area (TPSA) is 95.2 Å². The van der Waals surface area contributed by atoms with Crippen molar-refractivity contribution in [1.82, 2.24) is 15.2 Å². The molecule has 1 aromatic rings. The van der Waals surface area contributed by atoms with Crippen LogP contribution in [0.2, 0.25) is 0 Å². The lowest BCUT2D eigenvalue weighted by Gasteiger charge is -2.23. The summed E-state index contributed by atoms with van der Waals surface area (Å²) in [5.41, 5.74) is 2.71. The Labute approximate surface area is 133 Å². The van der Waals surface area contributed by atoms with Gasteiger partial charge in [0.1, 0.15) is 5.71 Å². The Kier molecular flexibility index (Phi) is 4.40. The van der Waals surface area contributed by atoms with E-state index in [4.69, 9.17) is 4.42 Å². The van der Waals surface area contributed by atoms with Crippen molar-refractivity contribution >= 4 is 23.4 Å². The molecule has 3 heterocycles. The summed E-state index contributed by atoms with van der Waals surface area (Å²) in [6.45, 7) is 2.03. The van der Waals surface area contributed by atoms with E-state index >= 15 is 0 Å². The zero-order valence-electron chi connectivity index (χ0n) is 12.7. The van der Waals surface area contributed by atoms with Crippen molar-refractivity contribution in [3.63, 3.8) is 0 Å². The predicted octanol–water partition coefficient (Wildman–Crippen LogP) is 0.220. The molecule has 1 aromatic heterocycles. The molecule has 8 nitrogen and oxygen atoms in total. The molecule has 2 aliphatic rings. The number of carbonyl (C=O) groups is 3. The average Bonchev–Trinajstić information content (AvgIpc) is 2.99. The first-order chi connectivity index (χ1) is 11.1. The van der Waals surface area contributed by atoms with Gasteiger partial charge in [-0.15, -0.1) is 0 Å². The van der Waals surface area contributed by atoms with Crippen LogP contribution in [0.4, 0.5) is 0 Å². The minimum Gasteiger partial charge on any atom is -0.459 e. The number of carbonyl (C=O) groups excluding carboxylic acids is 3. The molecule has 1 saturated heterocycles. The van der Waals surface area contributed by atoms with Crippen molar-refractivity contribution in [3.8, 4) is 0 Å². The summed E-state index contributed by atoms with van der Waals surface area (Å²) in [7, 11) is 0. The summed E-state index contributed by atoms with van der Waals surface area (Å²) in [6, 6.07) is 3.31. The third-order valence-electron chi connectivity index (χ3n) is 3.95. The standard InChI is InChI=1S/C15H18N4O4/c20-13-5-4-11(16-17-13)14(21)18-6-2-7-19(9-8-18)15(22)12-3-1-10-23-12/h1,3,10H,2,4-9H2,(H,17,20). The summed E-state index contributed by atoms with van der Waals surface area (Å²) in [6.07, 6.45) is 2.80. The van der Waals surface area contributed by atoms with Crippen molar-refractivity contribution in [2.45, 2.75) is 19.3 Å². The smallest absolute Gasteiger partial charge is 0.289 e. The summed E-state index contributed by atoms with van der Waals surface area (Å²) in [5.74, 6) is -0.194. The Morgan fingerprint density at radius 2 is 1.83 bits per heavy atom. The summed E-state index contributed by atoms with van der Waals surface area (Å²) in [4.78, 5) is 39.2. The highest BCUT2D eigenvalue weighted by atomic mass is 16.3. The number of hydrogen-bond donors (Lipinski definition) is 1. The van der Waals surface area contributed by atoms with Crippen LogP contribution in [-0.2, 0) is 9.59 Å². The van der Waals surface area contributed by atoms with Crippen molar-refractivity contribution in [2.75, 3.05) is 26.2 Å². The lowest BCUT2D eigenvalue weighted by molar-refractivity contribution is -0.124. The Bertz CT molecular complexity index is 638. The van der Waals surface area contributed by atoms with Crippen LogP contribution >= 0.6 is 0 Å². The third-order valence-corrected chi connectivity index (χ3v) is 3.95. The largest absolute Gasteiger partial charge is 0.459 e. The summed E-state index contributed by atoms with van der Waals surface area (Å²) < 4.78 is 5.14. The van der Waals surface area contributed by atoms with Gasteiger partial charge < -0.3 is 14.2 Å². The fourth-order valence-corrected chi connectivity index (χ4v) is 2.69. The monoisotopic (exact) mass is 318 g/mol. The molecule has 3 amide bonds. The van der Waals surface area contributed by atoms with Crippen LogP contribution in [0.1, 0.15) is 29.8 Å². The van der Waals surface area contributed by atoms with E-state index in [0.29, 0.717) is 50.5 Å². The minimum absolute atomic E-state index is 0.161. The van der Waals surface area contributed by atoms with Gasteiger partial charge in [0, 0.05) is 39.0 Å². The summed E-state index contributed by atoms with van der Waals surface area (Å²) >= 11 is 0. The van der Waals surface area contributed by atoms with Crippen LogP contribution in [0.25, 0.3) is 0 Å². The molecule has 0 bridgehead atoms. The molecule has 0 unspecified atom stereocenters. The van der Waals surface area contributed by atoms with Gasteiger partial charge in [-0.25, -0.2) is 5.43 Å². The Morgan fingerprint density at radius 3 is 2.43 bits per heavy atom. The Morgan fingerprint density at radius 1 is 1.09 bits per heavy atom. The molecule has 1 fully saturated rings. The van der Waals surface area contributed by atoms with Crippen LogP contribution in [-0.4, -0.2) is 59.4 Å². The number of hydrazone groups is 1. The van der Waals surface area contributed by atoms with Gasteiger partial charge in [-0.3, -0.25) is 14.4 Å². The average molecular weight is 318 g/mol. The van der Waals surface area contributed by atoms with Gasteiger partial charge in [-0.1, -0.05) is 0 Å². The molecule has 0 atom stereocenters. The number of hydrogen-bond acceptors (Lipinski definition) is 5. The van der Waals surface area contributed by atoms with Crippen molar-refractivity contribution in [1.29, 1.82) is 0 Å². The lowest BCUT2D eigenvalue weighted by Crippen LogP contribution is -2.42. The van der Waals surface area contributed by atoms with Crippen LogP contribution in [0.15, 0.2) is 27.9 Å². The second-order valence-electron chi connectivity index (χ2n) is 5.51. The van der Waals surface area contributed by atoms with Gasteiger partial charge in [0.15, 0.2) is 5.76 Å². The normalized spacial score (nSPS) is 19.0. The molecule has 0 aromatic carbocycles. The maximum atomic E-state index is 12.4. The maximum Gasteiger partial charge on any atom is 0.289 e. The van der Waals surface area contributed by atoms with Gasteiger partial charge in [-0.05, 0) is 18.6 Å². The van der Waals surface area contributed by atoms with E-state index in [-0.39, 0.29) is 24.1 Å². The van der Waals surface area contributed by atoms with Gasteiger partial charge in [-0.2, -0.15) is 5.10 Å². The molecular formula is C15H18N4O4. The fraction of sp³-hybridized carbons (Fsp3) is 0.467. The Balaban J connectivity index is 1.61. The van der Waals surface area contributed by atoms with Crippen molar-refractivity contribution < 1.29 is 18.8 Å². The molecule has 0 radical (unpaired) electrons. The Hall–Kier alpha value is -2.64. The first-order valence-electron chi connectivity index (χ1n) is 7.62. The van der Waals surface area contributed by atoms with E-state index in [2.05, 4.69) is 10.5 Å². The molecule has 2 aliphatic heterocycles. The van der Waals surface area contributed by atoms with Crippen LogP contribution in [0.5, 0.6) is 0 Å². The van der Waals surface area contributed by atoms with Gasteiger partial charge in [0.25, 0.3) is 11.8 Å². The quantitative estimate of drug-likeness (QED) is 0.844. The van der Waals surface area contributed by atoms with Gasteiger partial charge in [0.05, 0.1) is 6.26 Å². The van der Waals surface area contributed by atoms with Crippen molar-refractivity contribution in [3.05, 3.63) is 24.2 Å². The molecule has 0 spiro atoms. The number of rotatable bonds is 2. The molecule has 122 valence electrons. The molecule has 3 rings (SSSR count). The SMILES string of the molecule is O=C1CCC(C(=O)N2CCCN(C(=O)c3ccco3)CC2)=NN1. The first-order valence-corrected chi connectivity index (χ1v) is 7.62. The first kappa shape index (κ1) is 15.3. The van der Waals surface area contributed by atoms with E-state index < -0.39 is 0 Å². The number of nitrogens with zero attached hydrogens (tertiary/aromatic N) is 3. The van der Waals surface area contributed by atoms with Crippen LogP contribution < -0.4 is 5.43 Å². The second kappa shape index (κ2) is 6.64. The molecule has 0 aliphatic carbocycles. The van der Waals surface area contributed by atoms with Gasteiger partial charge in [0.2, 0.25) is 5.91 Å². The third kappa shape index (κ3) is 3.41. The highest BCUT2D eigenvalue weighted by molar-refractivity contribution is 6.39. The number of amides is 3. The number of furan rings is 1. The zero-order valence-corrected chi connectivity index (χ0v) is 12.7. The van der Waals surface area contributed by atoms with Gasteiger partial charge >= 0.3 is 0 Å². The fourth-order valence-electron chi connectivity index (χ4n) is 2.69. The minimum atomic E-state index is -0.173. The molecule has 8 heteroatoms. The van der Waals surface area contributed by atoms with Crippen LogP contribution in [0, 0.1) is 0 Å². The highest BCUT2D eigenvalue weighted by Gasteiger charge is 2.27. The molecule has 1 N–H and O–H groups in total. The van der Waals surface area contributed by atoms with Crippen LogP contribution in [0.3, 0.4) is 0 Å². The zero-order chi connectivity index (χ0) is 16.2. The maximum absolute atomic E-state index is 12.4. The van der Waals surface area contributed by atoms with Crippen molar-refractivity contribution in [2.24, 2.45) is 5.10 Å². The number of nitrogens with one attached hydrogen (secondary N) is 1. The van der Waals surface area contributed by atoms with E-state index in [9.17, 15) is 14.4 Å². The molecular weight excluding hydrogens is 300 g/mol. The second-order valence-corrected chi connectivity index (χ2v) is 5.51. The lowest BCUT2D eigenvalue weighted by atomic mass is 10.1. The molecule has 0 saturated carbocycles. The summed E-state index contributed by atoms with van der Waals surface area (Å²) in [5, 5.41) is 3.84. The highest BCUT2D eigenvalue weighted by Crippen LogP contribution is 2.11. The predicted molar refractivity (Wildman–Crippen MR) is 80.6 cm³/mol. The van der Waals surface area contributed by atoms with E-state index in [1.54, 1.807) is 21.9 Å².